The number of rotatable bonds is 6. The fraction of sp³-hybridized carbons (Fsp3) is 0.158. The Hall–Kier alpha value is -3.42. The first-order valence-electron chi connectivity index (χ1n) is 7.99. The lowest BCUT2D eigenvalue weighted by atomic mass is 10.0. The highest BCUT2D eigenvalue weighted by Crippen LogP contribution is 2.34. The third-order valence-electron chi connectivity index (χ3n) is 3.82. The maximum absolute atomic E-state index is 12.7. The fourth-order valence-electron chi connectivity index (χ4n) is 2.54. The van der Waals surface area contributed by atoms with Gasteiger partial charge in [-0.1, -0.05) is 12.1 Å². The highest BCUT2D eigenvalue weighted by atomic mass is 19.3. The number of aromatic nitrogens is 2. The normalized spacial score (nSPS) is 10.7. The predicted molar refractivity (Wildman–Crippen MR) is 96.2 cm³/mol. The van der Waals surface area contributed by atoms with Crippen LogP contribution in [0.5, 0.6) is 11.5 Å². The smallest absolute Gasteiger partial charge is 0.387 e. The average molecular weight is 373 g/mol. The van der Waals surface area contributed by atoms with Gasteiger partial charge in [0.1, 0.15) is 11.5 Å². The standard InChI is InChI=1S/C19H17F2N3O3/c1-24-11-13(10-22-24)18(25)23-14-5-8-17(27-19(20)21)16(9-14)12-3-6-15(26-2)7-4-12/h3-11,19H,1-2H3,(H,23,25). The molecule has 8 heteroatoms. The van der Waals surface area contributed by atoms with E-state index in [1.165, 1.54) is 30.1 Å². The van der Waals surface area contributed by atoms with E-state index in [1.807, 2.05) is 0 Å². The molecule has 3 rings (SSSR count). The second kappa shape index (κ2) is 7.86. The van der Waals surface area contributed by atoms with Crippen LogP contribution in [0.15, 0.2) is 54.9 Å². The minimum absolute atomic E-state index is 0.00884. The lowest BCUT2D eigenvalue weighted by Gasteiger charge is -2.14. The van der Waals surface area contributed by atoms with Crippen LogP contribution in [0.25, 0.3) is 11.1 Å². The van der Waals surface area contributed by atoms with Gasteiger partial charge in [0.05, 0.1) is 18.9 Å². The third-order valence-corrected chi connectivity index (χ3v) is 3.82. The van der Waals surface area contributed by atoms with Crippen LogP contribution in [-0.2, 0) is 7.05 Å². The number of carbonyl (C=O) groups excluding carboxylic acids is 1. The number of alkyl halides is 2. The van der Waals surface area contributed by atoms with E-state index >= 15 is 0 Å². The molecule has 0 spiro atoms. The highest BCUT2D eigenvalue weighted by Gasteiger charge is 2.14. The summed E-state index contributed by atoms with van der Waals surface area (Å²) in [6.45, 7) is -2.96. The van der Waals surface area contributed by atoms with E-state index in [1.54, 1.807) is 43.6 Å². The molecule has 0 saturated heterocycles. The molecule has 140 valence electrons. The summed E-state index contributed by atoms with van der Waals surface area (Å²) in [4.78, 5) is 12.3. The summed E-state index contributed by atoms with van der Waals surface area (Å²) in [5.41, 5.74) is 1.89. The summed E-state index contributed by atoms with van der Waals surface area (Å²) in [7, 11) is 3.24. The van der Waals surface area contributed by atoms with Gasteiger partial charge in [-0.25, -0.2) is 0 Å². The largest absolute Gasteiger partial charge is 0.497 e. The number of nitrogens with zero attached hydrogens (tertiary/aromatic N) is 2. The molecule has 0 unspecified atom stereocenters. The molecule has 0 bridgehead atoms. The molecule has 2 aromatic carbocycles. The van der Waals surface area contributed by atoms with Crippen LogP contribution in [0.2, 0.25) is 0 Å². The van der Waals surface area contributed by atoms with E-state index in [4.69, 9.17) is 4.74 Å². The van der Waals surface area contributed by atoms with Crippen molar-refractivity contribution in [2.24, 2.45) is 7.05 Å². The van der Waals surface area contributed by atoms with Crippen LogP contribution >= 0.6 is 0 Å². The van der Waals surface area contributed by atoms with Crippen molar-refractivity contribution in [3.63, 3.8) is 0 Å². The van der Waals surface area contributed by atoms with Crippen LogP contribution in [0.4, 0.5) is 14.5 Å². The lowest BCUT2D eigenvalue weighted by molar-refractivity contribution is -0.0494. The summed E-state index contributed by atoms with van der Waals surface area (Å²) in [6, 6.07) is 11.3. The van der Waals surface area contributed by atoms with Gasteiger partial charge in [0.2, 0.25) is 0 Å². The molecular weight excluding hydrogens is 356 g/mol. The predicted octanol–water partition coefficient (Wildman–Crippen LogP) is 3.95. The number of aryl methyl sites for hydroxylation is 1. The van der Waals surface area contributed by atoms with Gasteiger partial charge in [-0.2, -0.15) is 13.9 Å². The van der Waals surface area contributed by atoms with E-state index in [0.29, 0.717) is 28.1 Å². The average Bonchev–Trinajstić information content (AvgIpc) is 3.09. The molecule has 1 amide bonds. The van der Waals surface area contributed by atoms with Crippen molar-refractivity contribution in [1.82, 2.24) is 9.78 Å². The third kappa shape index (κ3) is 4.41. The minimum atomic E-state index is -2.96. The number of carbonyl (C=O) groups is 1. The lowest BCUT2D eigenvalue weighted by Crippen LogP contribution is -2.11. The summed E-state index contributed by atoms with van der Waals surface area (Å²) in [5.74, 6) is 0.289. The van der Waals surface area contributed by atoms with Crippen molar-refractivity contribution >= 4 is 11.6 Å². The molecule has 1 N–H and O–H groups in total. The van der Waals surface area contributed by atoms with E-state index in [2.05, 4.69) is 15.2 Å². The molecule has 0 saturated carbocycles. The Balaban J connectivity index is 1.93. The van der Waals surface area contributed by atoms with Crippen molar-refractivity contribution in [3.05, 3.63) is 60.4 Å². The maximum Gasteiger partial charge on any atom is 0.387 e. The van der Waals surface area contributed by atoms with Crippen LogP contribution in [0.1, 0.15) is 10.4 Å². The molecule has 0 radical (unpaired) electrons. The summed E-state index contributed by atoms with van der Waals surface area (Å²) < 4.78 is 36.7. The maximum atomic E-state index is 12.7. The van der Waals surface area contributed by atoms with E-state index in [0.717, 1.165) is 0 Å². The Kier molecular flexibility index (Phi) is 5.35. The zero-order chi connectivity index (χ0) is 19.4. The molecule has 1 aromatic heterocycles. The van der Waals surface area contributed by atoms with Gasteiger partial charge in [0.25, 0.3) is 5.91 Å². The number of nitrogens with one attached hydrogen (secondary N) is 1. The highest BCUT2D eigenvalue weighted by molar-refractivity contribution is 6.04. The molecule has 3 aromatic rings. The first kappa shape index (κ1) is 18.4. The number of benzene rings is 2. The molecule has 6 nitrogen and oxygen atoms in total. The zero-order valence-electron chi connectivity index (χ0n) is 14.6. The van der Waals surface area contributed by atoms with Gasteiger partial charge in [-0.3, -0.25) is 9.48 Å². The van der Waals surface area contributed by atoms with Crippen molar-refractivity contribution in [2.75, 3.05) is 12.4 Å². The topological polar surface area (TPSA) is 65.4 Å². The Bertz CT molecular complexity index is 940. The van der Waals surface area contributed by atoms with Gasteiger partial charge in [0, 0.05) is 24.5 Å². The second-order valence-corrected chi connectivity index (χ2v) is 5.67. The van der Waals surface area contributed by atoms with Gasteiger partial charge < -0.3 is 14.8 Å². The molecule has 27 heavy (non-hydrogen) atoms. The van der Waals surface area contributed by atoms with E-state index < -0.39 is 6.61 Å². The first-order valence-corrected chi connectivity index (χ1v) is 7.99. The zero-order valence-corrected chi connectivity index (χ0v) is 14.6. The van der Waals surface area contributed by atoms with Gasteiger partial charge in [0.15, 0.2) is 0 Å². The van der Waals surface area contributed by atoms with E-state index in [-0.39, 0.29) is 11.7 Å². The minimum Gasteiger partial charge on any atom is -0.497 e. The number of halogens is 2. The van der Waals surface area contributed by atoms with Crippen molar-refractivity contribution < 1.29 is 23.0 Å². The number of methoxy groups -OCH3 is 1. The Labute approximate surface area is 154 Å². The second-order valence-electron chi connectivity index (χ2n) is 5.67. The molecule has 1 heterocycles. The van der Waals surface area contributed by atoms with E-state index in [9.17, 15) is 13.6 Å². The molecule has 0 aliphatic carbocycles. The summed E-state index contributed by atoms with van der Waals surface area (Å²) >= 11 is 0. The van der Waals surface area contributed by atoms with Crippen LogP contribution in [0, 0.1) is 0 Å². The van der Waals surface area contributed by atoms with Gasteiger partial charge >= 0.3 is 6.61 Å². The molecular formula is C19H17F2N3O3. The quantitative estimate of drug-likeness (QED) is 0.711. The molecule has 0 aliphatic rings. The van der Waals surface area contributed by atoms with Crippen LogP contribution in [0.3, 0.4) is 0 Å². The number of amides is 1. The Morgan fingerprint density at radius 1 is 1.19 bits per heavy atom. The number of ether oxygens (including phenoxy) is 2. The van der Waals surface area contributed by atoms with Crippen molar-refractivity contribution in [3.8, 4) is 22.6 Å². The number of hydrogen-bond donors (Lipinski definition) is 1. The first-order chi connectivity index (χ1) is 13.0. The monoisotopic (exact) mass is 373 g/mol. The number of hydrogen-bond acceptors (Lipinski definition) is 4. The molecule has 0 atom stereocenters. The van der Waals surface area contributed by atoms with Gasteiger partial charge in [-0.05, 0) is 35.9 Å². The van der Waals surface area contributed by atoms with Crippen molar-refractivity contribution in [2.45, 2.75) is 6.61 Å². The number of anilines is 1. The Morgan fingerprint density at radius 3 is 2.52 bits per heavy atom. The van der Waals surface area contributed by atoms with Crippen molar-refractivity contribution in [1.29, 1.82) is 0 Å². The van der Waals surface area contributed by atoms with Crippen LogP contribution in [-0.4, -0.2) is 29.4 Å². The summed E-state index contributed by atoms with van der Waals surface area (Å²) in [5, 5.41) is 6.67. The van der Waals surface area contributed by atoms with Gasteiger partial charge in [-0.15, -0.1) is 0 Å². The SMILES string of the molecule is COc1ccc(-c2cc(NC(=O)c3cnn(C)c3)ccc2OC(F)F)cc1. The fourth-order valence-corrected chi connectivity index (χ4v) is 2.54. The molecule has 0 fully saturated rings. The summed E-state index contributed by atoms with van der Waals surface area (Å²) in [6.07, 6.45) is 3.02. The Morgan fingerprint density at radius 2 is 1.93 bits per heavy atom. The van der Waals surface area contributed by atoms with Crippen LogP contribution < -0.4 is 14.8 Å². The molecule has 0 aliphatic heterocycles.